The molecular weight excluding hydrogens is 489 g/mol. The summed E-state index contributed by atoms with van der Waals surface area (Å²) in [5.41, 5.74) is 7.38. The Hall–Kier alpha value is -4.41. The number of methoxy groups -OCH3 is 1. The number of rotatable bonds is 6. The first-order valence-electron chi connectivity index (χ1n) is 13.2. The number of para-hydroxylation sites is 2. The van der Waals surface area contributed by atoms with Crippen LogP contribution in [0.5, 0.6) is 5.75 Å². The third-order valence-corrected chi connectivity index (χ3v) is 7.74. The molecule has 1 aliphatic rings. The first-order chi connectivity index (χ1) is 19.1. The van der Waals surface area contributed by atoms with Crippen LogP contribution in [0.15, 0.2) is 72.8 Å². The fraction of sp³-hybridized carbons (Fsp3) is 0.250. The highest BCUT2D eigenvalue weighted by Gasteiger charge is 2.27. The van der Waals surface area contributed by atoms with Crippen molar-refractivity contribution in [2.45, 2.75) is 19.9 Å². The van der Waals surface area contributed by atoms with E-state index in [1.807, 2.05) is 31.2 Å². The number of hydrogen-bond acceptors (Lipinski definition) is 5. The summed E-state index contributed by atoms with van der Waals surface area (Å²) in [6.45, 7) is 5.90. The minimum atomic E-state index is -0.252. The first-order valence-corrected chi connectivity index (χ1v) is 13.2. The number of pyridine rings is 1. The molecule has 0 amide bonds. The van der Waals surface area contributed by atoms with Crippen LogP contribution in [0.3, 0.4) is 0 Å². The van der Waals surface area contributed by atoms with Gasteiger partial charge < -0.3 is 9.64 Å². The molecule has 0 atom stereocenters. The molecule has 0 saturated carbocycles. The Bertz CT molecular complexity index is 1700. The molecule has 1 fully saturated rings. The summed E-state index contributed by atoms with van der Waals surface area (Å²) in [4.78, 5) is 9.66. The minimum absolute atomic E-state index is 0.252. The van der Waals surface area contributed by atoms with Crippen molar-refractivity contribution in [3.05, 3.63) is 106 Å². The first kappa shape index (κ1) is 24.9. The maximum Gasteiger partial charge on any atom is 0.157 e. The Kier molecular flexibility index (Phi) is 6.64. The molecule has 0 aliphatic carbocycles. The van der Waals surface area contributed by atoms with Gasteiger partial charge in [0.15, 0.2) is 5.65 Å². The fourth-order valence-electron chi connectivity index (χ4n) is 5.74. The van der Waals surface area contributed by atoms with E-state index >= 15 is 0 Å². The third kappa shape index (κ3) is 4.58. The van der Waals surface area contributed by atoms with Gasteiger partial charge in [0, 0.05) is 50.3 Å². The number of aromatic nitrogens is 2. The van der Waals surface area contributed by atoms with Crippen molar-refractivity contribution in [2.24, 2.45) is 0 Å². The summed E-state index contributed by atoms with van der Waals surface area (Å²) in [6.07, 6.45) is 0.722. The van der Waals surface area contributed by atoms with Gasteiger partial charge in [0.25, 0.3) is 0 Å². The van der Waals surface area contributed by atoms with Gasteiger partial charge in [0.05, 0.1) is 23.7 Å². The van der Waals surface area contributed by atoms with E-state index in [0.29, 0.717) is 23.5 Å². The van der Waals surface area contributed by atoms with Crippen molar-refractivity contribution in [1.29, 1.82) is 5.26 Å². The van der Waals surface area contributed by atoms with E-state index in [9.17, 15) is 9.65 Å². The topological polar surface area (TPSA) is 56.8 Å². The van der Waals surface area contributed by atoms with Crippen LogP contribution in [0.1, 0.15) is 27.8 Å². The SMILES string of the molecule is COc1ccc(F)cc1CN1CCN(c2c(Cc3ccccc3)c(C)c(C#N)c3nc4ccccc4n23)CC1. The monoisotopic (exact) mass is 519 g/mol. The predicted molar refractivity (Wildman–Crippen MR) is 152 cm³/mol. The van der Waals surface area contributed by atoms with Gasteiger partial charge in [-0.05, 0) is 48.4 Å². The number of piperazine rings is 1. The number of imidazole rings is 1. The zero-order valence-corrected chi connectivity index (χ0v) is 22.2. The summed E-state index contributed by atoms with van der Waals surface area (Å²) < 4.78 is 21.6. The molecule has 0 unspecified atom stereocenters. The van der Waals surface area contributed by atoms with Gasteiger partial charge >= 0.3 is 0 Å². The van der Waals surface area contributed by atoms with Gasteiger partial charge in [0.1, 0.15) is 23.5 Å². The lowest BCUT2D eigenvalue weighted by atomic mass is 9.97. The second-order valence-corrected chi connectivity index (χ2v) is 10.1. The Morgan fingerprint density at radius 1 is 0.974 bits per heavy atom. The highest BCUT2D eigenvalue weighted by molar-refractivity contribution is 5.86. The van der Waals surface area contributed by atoms with Crippen molar-refractivity contribution < 1.29 is 9.13 Å². The number of nitriles is 1. The molecule has 3 heterocycles. The molecule has 196 valence electrons. The molecule has 7 heteroatoms. The number of benzene rings is 3. The van der Waals surface area contributed by atoms with Crippen molar-refractivity contribution in [3.63, 3.8) is 0 Å². The van der Waals surface area contributed by atoms with Crippen LogP contribution in [-0.2, 0) is 13.0 Å². The van der Waals surface area contributed by atoms with Gasteiger partial charge in [0.2, 0.25) is 0 Å². The maximum atomic E-state index is 14.0. The predicted octanol–water partition coefficient (Wildman–Crippen LogP) is 5.73. The van der Waals surface area contributed by atoms with Crippen LogP contribution < -0.4 is 9.64 Å². The largest absolute Gasteiger partial charge is 0.496 e. The lowest BCUT2D eigenvalue weighted by Crippen LogP contribution is -2.47. The lowest BCUT2D eigenvalue weighted by Gasteiger charge is -2.38. The second kappa shape index (κ2) is 10.4. The molecule has 0 N–H and O–H groups in total. The molecule has 6 nitrogen and oxygen atoms in total. The highest BCUT2D eigenvalue weighted by atomic mass is 19.1. The van der Waals surface area contributed by atoms with Crippen molar-refractivity contribution >= 4 is 22.5 Å². The second-order valence-electron chi connectivity index (χ2n) is 10.1. The molecule has 2 aromatic heterocycles. The fourth-order valence-corrected chi connectivity index (χ4v) is 5.74. The lowest BCUT2D eigenvalue weighted by molar-refractivity contribution is 0.245. The van der Waals surface area contributed by atoms with E-state index in [1.54, 1.807) is 19.2 Å². The van der Waals surface area contributed by atoms with Crippen LogP contribution in [0, 0.1) is 24.1 Å². The molecule has 3 aromatic carbocycles. The molecule has 1 saturated heterocycles. The normalized spacial score (nSPS) is 14.2. The minimum Gasteiger partial charge on any atom is -0.496 e. The average molecular weight is 520 g/mol. The summed E-state index contributed by atoms with van der Waals surface area (Å²) in [5.74, 6) is 1.55. The van der Waals surface area contributed by atoms with Crippen molar-refractivity contribution in [3.8, 4) is 11.8 Å². The van der Waals surface area contributed by atoms with E-state index in [-0.39, 0.29) is 5.82 Å². The number of fused-ring (bicyclic) bond motifs is 3. The quantitative estimate of drug-likeness (QED) is 0.287. The van der Waals surface area contributed by atoms with Gasteiger partial charge in [-0.2, -0.15) is 5.26 Å². The zero-order valence-electron chi connectivity index (χ0n) is 22.2. The van der Waals surface area contributed by atoms with Crippen LogP contribution >= 0.6 is 0 Å². The zero-order chi connectivity index (χ0) is 26.9. The molecule has 39 heavy (non-hydrogen) atoms. The molecule has 0 radical (unpaired) electrons. The molecule has 0 bridgehead atoms. The van der Waals surface area contributed by atoms with Crippen molar-refractivity contribution in [1.82, 2.24) is 14.3 Å². The van der Waals surface area contributed by atoms with Crippen LogP contribution in [0.25, 0.3) is 16.7 Å². The van der Waals surface area contributed by atoms with E-state index in [4.69, 9.17) is 9.72 Å². The molecule has 6 rings (SSSR count). The molecule has 5 aromatic rings. The van der Waals surface area contributed by atoms with Gasteiger partial charge in [-0.15, -0.1) is 0 Å². The molecule has 0 spiro atoms. The summed E-state index contributed by atoms with van der Waals surface area (Å²) in [6, 6.07) is 25.6. The summed E-state index contributed by atoms with van der Waals surface area (Å²) >= 11 is 0. The number of nitrogens with zero attached hydrogens (tertiary/aromatic N) is 5. The number of halogens is 1. The van der Waals surface area contributed by atoms with E-state index in [2.05, 4.69) is 50.6 Å². The Morgan fingerprint density at radius 2 is 1.72 bits per heavy atom. The van der Waals surface area contributed by atoms with E-state index in [1.165, 1.54) is 11.6 Å². The Morgan fingerprint density at radius 3 is 2.46 bits per heavy atom. The standard InChI is InChI=1S/C32H30FN5O/c1-22-26(18-23-8-4-3-5-9-23)32(38-29-11-7-6-10-28(29)35-31(38)27(22)20-34)37-16-14-36(15-17-37)21-24-19-25(33)12-13-30(24)39-2/h3-13,19H,14-18,21H2,1-2H3. The molecular formula is C32H30FN5O. The van der Waals surface area contributed by atoms with E-state index in [0.717, 1.165) is 66.1 Å². The van der Waals surface area contributed by atoms with Gasteiger partial charge in [-0.3, -0.25) is 9.30 Å². The van der Waals surface area contributed by atoms with Gasteiger partial charge in [-0.1, -0.05) is 42.5 Å². The highest BCUT2D eigenvalue weighted by Crippen LogP contribution is 2.35. The van der Waals surface area contributed by atoms with Crippen LogP contribution in [-0.4, -0.2) is 47.6 Å². The summed E-state index contributed by atoms with van der Waals surface area (Å²) in [7, 11) is 1.62. The molecule has 1 aliphatic heterocycles. The Labute approximate surface area is 227 Å². The average Bonchev–Trinajstić information content (AvgIpc) is 3.34. The van der Waals surface area contributed by atoms with Crippen molar-refractivity contribution in [2.75, 3.05) is 38.2 Å². The van der Waals surface area contributed by atoms with E-state index < -0.39 is 0 Å². The maximum absolute atomic E-state index is 14.0. The van der Waals surface area contributed by atoms with Crippen LogP contribution in [0.2, 0.25) is 0 Å². The number of hydrogen-bond donors (Lipinski definition) is 0. The number of anilines is 1. The Balaban J connectivity index is 1.42. The third-order valence-electron chi connectivity index (χ3n) is 7.74. The van der Waals surface area contributed by atoms with Crippen LogP contribution in [0.4, 0.5) is 10.2 Å². The smallest absolute Gasteiger partial charge is 0.157 e. The van der Waals surface area contributed by atoms with Gasteiger partial charge in [-0.25, -0.2) is 9.37 Å². The summed E-state index contributed by atoms with van der Waals surface area (Å²) in [5, 5.41) is 10.2. The number of ether oxygens (including phenoxy) is 1.